The van der Waals surface area contributed by atoms with Crippen molar-refractivity contribution < 1.29 is 14.0 Å². The van der Waals surface area contributed by atoms with Crippen LogP contribution >= 0.6 is 0 Å². The van der Waals surface area contributed by atoms with E-state index in [1.165, 1.54) is 12.3 Å². The van der Waals surface area contributed by atoms with E-state index >= 15 is 0 Å². The molecule has 2 aromatic rings. The fourth-order valence-electron chi connectivity index (χ4n) is 2.47. The Morgan fingerprint density at radius 1 is 1.36 bits per heavy atom. The standard InChI is InChI=1S/C15H15FN4O2/c1-8-3-4-10(11(16)5-8)12-6-17-14(19-12)9(2)20-13(21)7-18-15(20)22/h3-6,9H,7H2,1-2H3,(H,17,19)(H,18,22)/t9-/m0/s1. The number of rotatable bonds is 3. The number of aryl methyl sites for hydroxylation is 1. The average molecular weight is 302 g/mol. The van der Waals surface area contributed by atoms with Gasteiger partial charge >= 0.3 is 6.03 Å². The summed E-state index contributed by atoms with van der Waals surface area (Å²) in [6.07, 6.45) is 1.50. The number of hydrogen-bond donors (Lipinski definition) is 2. The second-order valence-corrected chi connectivity index (χ2v) is 5.26. The van der Waals surface area contributed by atoms with E-state index in [0.29, 0.717) is 17.1 Å². The summed E-state index contributed by atoms with van der Waals surface area (Å²) >= 11 is 0. The van der Waals surface area contributed by atoms with Gasteiger partial charge in [0.2, 0.25) is 0 Å². The molecular weight excluding hydrogens is 287 g/mol. The van der Waals surface area contributed by atoms with Gasteiger partial charge in [-0.2, -0.15) is 0 Å². The lowest BCUT2D eigenvalue weighted by Gasteiger charge is -2.18. The number of imidazole rings is 1. The van der Waals surface area contributed by atoms with Crippen molar-refractivity contribution in [2.45, 2.75) is 19.9 Å². The molecule has 6 nitrogen and oxygen atoms in total. The Morgan fingerprint density at radius 2 is 2.14 bits per heavy atom. The number of nitrogens with zero attached hydrogens (tertiary/aromatic N) is 2. The van der Waals surface area contributed by atoms with E-state index in [2.05, 4.69) is 15.3 Å². The van der Waals surface area contributed by atoms with Crippen LogP contribution in [-0.4, -0.2) is 33.4 Å². The normalized spacial score (nSPS) is 16.0. The maximum atomic E-state index is 14.0. The Kier molecular flexibility index (Phi) is 3.40. The Bertz CT molecular complexity index is 740. The van der Waals surface area contributed by atoms with Crippen LogP contribution in [-0.2, 0) is 4.79 Å². The SMILES string of the molecule is Cc1ccc(-c2cnc([C@H](C)N3C(=O)CNC3=O)[nH]2)c(F)c1. The molecule has 1 atom stereocenters. The lowest BCUT2D eigenvalue weighted by Crippen LogP contribution is -2.34. The molecule has 3 rings (SSSR count). The molecule has 3 amide bonds. The summed E-state index contributed by atoms with van der Waals surface area (Å²) in [5.74, 6) is -0.227. The quantitative estimate of drug-likeness (QED) is 0.853. The smallest absolute Gasteiger partial charge is 0.325 e. The number of halogens is 1. The van der Waals surface area contributed by atoms with Crippen LogP contribution in [0.15, 0.2) is 24.4 Å². The van der Waals surface area contributed by atoms with Crippen LogP contribution in [0.3, 0.4) is 0 Å². The largest absolute Gasteiger partial charge is 0.340 e. The Hall–Kier alpha value is -2.70. The van der Waals surface area contributed by atoms with Crippen LogP contribution < -0.4 is 5.32 Å². The summed E-state index contributed by atoms with van der Waals surface area (Å²) in [6.45, 7) is 3.49. The van der Waals surface area contributed by atoms with E-state index in [4.69, 9.17) is 0 Å². The van der Waals surface area contributed by atoms with Crippen molar-refractivity contribution in [2.24, 2.45) is 0 Å². The van der Waals surface area contributed by atoms with Gasteiger partial charge in [-0.05, 0) is 31.5 Å². The molecule has 0 aliphatic carbocycles. The van der Waals surface area contributed by atoms with Gasteiger partial charge in [-0.15, -0.1) is 0 Å². The van der Waals surface area contributed by atoms with Gasteiger partial charge in [0, 0.05) is 5.56 Å². The first-order valence-electron chi connectivity index (χ1n) is 6.88. The maximum Gasteiger partial charge on any atom is 0.325 e. The zero-order valence-electron chi connectivity index (χ0n) is 12.2. The second-order valence-electron chi connectivity index (χ2n) is 5.26. The zero-order chi connectivity index (χ0) is 15.9. The van der Waals surface area contributed by atoms with Gasteiger partial charge in [0.25, 0.3) is 5.91 Å². The highest BCUT2D eigenvalue weighted by atomic mass is 19.1. The van der Waals surface area contributed by atoms with Crippen molar-refractivity contribution in [3.8, 4) is 11.3 Å². The van der Waals surface area contributed by atoms with Gasteiger partial charge in [0.15, 0.2) is 0 Å². The van der Waals surface area contributed by atoms with Crippen molar-refractivity contribution in [1.29, 1.82) is 0 Å². The Balaban J connectivity index is 1.90. The number of urea groups is 1. The third-order valence-corrected chi connectivity index (χ3v) is 3.67. The third-order valence-electron chi connectivity index (χ3n) is 3.67. The first-order chi connectivity index (χ1) is 10.5. The monoisotopic (exact) mass is 302 g/mol. The molecule has 0 saturated carbocycles. The maximum absolute atomic E-state index is 14.0. The fraction of sp³-hybridized carbons (Fsp3) is 0.267. The molecule has 114 valence electrons. The predicted molar refractivity (Wildman–Crippen MR) is 77.4 cm³/mol. The van der Waals surface area contributed by atoms with Crippen LogP contribution in [0.2, 0.25) is 0 Å². The average Bonchev–Trinajstić information content (AvgIpc) is 3.06. The van der Waals surface area contributed by atoms with Gasteiger partial charge in [-0.3, -0.25) is 9.69 Å². The summed E-state index contributed by atoms with van der Waals surface area (Å²) in [5.41, 5.74) is 1.73. The summed E-state index contributed by atoms with van der Waals surface area (Å²) in [5, 5.41) is 2.46. The minimum atomic E-state index is -0.544. The van der Waals surface area contributed by atoms with Crippen molar-refractivity contribution >= 4 is 11.9 Å². The van der Waals surface area contributed by atoms with Crippen molar-refractivity contribution in [3.05, 3.63) is 41.6 Å². The summed E-state index contributed by atoms with van der Waals surface area (Å²) in [6, 6.07) is 3.92. The number of amides is 3. The van der Waals surface area contributed by atoms with E-state index in [1.54, 1.807) is 19.1 Å². The highest BCUT2D eigenvalue weighted by Crippen LogP contribution is 2.25. The van der Waals surface area contributed by atoms with Crippen molar-refractivity contribution in [1.82, 2.24) is 20.2 Å². The summed E-state index contributed by atoms with van der Waals surface area (Å²) < 4.78 is 14.0. The van der Waals surface area contributed by atoms with E-state index in [0.717, 1.165) is 10.5 Å². The molecule has 1 fully saturated rings. The highest BCUT2D eigenvalue weighted by molar-refractivity contribution is 6.02. The van der Waals surface area contributed by atoms with Gasteiger partial charge in [0.05, 0.1) is 24.5 Å². The van der Waals surface area contributed by atoms with E-state index in [9.17, 15) is 14.0 Å². The molecule has 1 aromatic heterocycles. The molecule has 0 unspecified atom stereocenters. The zero-order valence-corrected chi connectivity index (χ0v) is 12.2. The fourth-order valence-corrected chi connectivity index (χ4v) is 2.47. The number of hydrogen-bond acceptors (Lipinski definition) is 3. The number of carbonyl (C=O) groups is 2. The molecule has 0 bridgehead atoms. The van der Waals surface area contributed by atoms with E-state index in [-0.39, 0.29) is 18.3 Å². The third kappa shape index (κ3) is 2.34. The molecule has 1 aliphatic rings. The second kappa shape index (κ2) is 5.25. The predicted octanol–water partition coefficient (Wildman–Crippen LogP) is 2.14. The number of carbonyl (C=O) groups excluding carboxylic acids is 2. The molecule has 0 radical (unpaired) electrons. The first kappa shape index (κ1) is 14.2. The number of H-pyrrole nitrogens is 1. The minimum Gasteiger partial charge on any atom is -0.340 e. The first-order valence-corrected chi connectivity index (χ1v) is 6.88. The lowest BCUT2D eigenvalue weighted by molar-refractivity contribution is -0.126. The number of nitrogens with one attached hydrogen (secondary N) is 2. The van der Waals surface area contributed by atoms with Crippen molar-refractivity contribution in [2.75, 3.05) is 6.54 Å². The highest BCUT2D eigenvalue weighted by Gasteiger charge is 2.34. The Morgan fingerprint density at radius 3 is 2.77 bits per heavy atom. The van der Waals surface area contributed by atoms with Gasteiger partial charge in [-0.1, -0.05) is 6.07 Å². The number of imide groups is 1. The van der Waals surface area contributed by atoms with Crippen LogP contribution in [0.1, 0.15) is 24.4 Å². The molecule has 1 aromatic carbocycles. The molecule has 2 N–H and O–H groups in total. The molecule has 7 heteroatoms. The van der Waals surface area contributed by atoms with Crippen molar-refractivity contribution in [3.63, 3.8) is 0 Å². The van der Waals surface area contributed by atoms with Crippen LogP contribution in [0, 0.1) is 12.7 Å². The molecule has 1 saturated heterocycles. The minimum absolute atomic E-state index is 0.0106. The van der Waals surface area contributed by atoms with Crippen LogP contribution in [0.25, 0.3) is 11.3 Å². The molecule has 22 heavy (non-hydrogen) atoms. The Labute approximate surface area is 126 Å². The van der Waals surface area contributed by atoms with Crippen LogP contribution in [0.4, 0.5) is 9.18 Å². The van der Waals surface area contributed by atoms with Crippen LogP contribution in [0.5, 0.6) is 0 Å². The molecule has 0 spiro atoms. The number of aromatic nitrogens is 2. The number of benzene rings is 1. The van der Waals surface area contributed by atoms with Gasteiger partial charge in [-0.25, -0.2) is 14.2 Å². The summed E-state index contributed by atoms with van der Waals surface area (Å²) in [7, 11) is 0. The molecular formula is C15H15FN4O2. The van der Waals surface area contributed by atoms with Gasteiger partial charge < -0.3 is 10.3 Å². The van der Waals surface area contributed by atoms with Gasteiger partial charge in [0.1, 0.15) is 11.6 Å². The van der Waals surface area contributed by atoms with E-state index in [1.807, 2.05) is 6.92 Å². The lowest BCUT2D eigenvalue weighted by atomic mass is 10.1. The molecule has 1 aliphatic heterocycles. The summed E-state index contributed by atoms with van der Waals surface area (Å²) in [4.78, 5) is 31.6. The van der Waals surface area contributed by atoms with E-state index < -0.39 is 12.1 Å². The molecule has 2 heterocycles. The topological polar surface area (TPSA) is 78.1 Å². The number of aromatic amines is 1.